The maximum absolute atomic E-state index is 12.0. The summed E-state index contributed by atoms with van der Waals surface area (Å²) in [5.74, 6) is -0.128. The summed E-state index contributed by atoms with van der Waals surface area (Å²) >= 11 is 0. The molecule has 18 heavy (non-hydrogen) atoms. The minimum atomic E-state index is -0.684. The Bertz CT molecular complexity index is 558. The monoisotopic (exact) mass is 241 g/mol. The summed E-state index contributed by atoms with van der Waals surface area (Å²) in [6.07, 6.45) is 4.61. The fourth-order valence-electron chi connectivity index (χ4n) is 1.61. The molecule has 5 nitrogen and oxygen atoms in total. The molecule has 1 atom stereocenters. The van der Waals surface area contributed by atoms with Gasteiger partial charge in [0.1, 0.15) is 6.04 Å². The van der Waals surface area contributed by atoms with Crippen LogP contribution in [0.2, 0.25) is 0 Å². The third-order valence-electron chi connectivity index (χ3n) is 2.56. The van der Waals surface area contributed by atoms with Crippen LogP contribution in [0.3, 0.4) is 0 Å². The summed E-state index contributed by atoms with van der Waals surface area (Å²) in [5.41, 5.74) is 0.669. The van der Waals surface area contributed by atoms with E-state index in [9.17, 15) is 10.1 Å². The van der Waals surface area contributed by atoms with Crippen LogP contribution in [0, 0.1) is 11.3 Å². The van der Waals surface area contributed by atoms with Crippen molar-refractivity contribution in [1.82, 2.24) is 9.88 Å². The number of rotatable bonds is 3. The molecule has 0 saturated carbocycles. The van der Waals surface area contributed by atoms with Crippen LogP contribution in [0.15, 0.2) is 47.3 Å². The minimum Gasteiger partial charge on any atom is -0.459 e. The molecular formula is C13H11N3O2. The Morgan fingerprint density at radius 1 is 1.50 bits per heavy atom. The first kappa shape index (κ1) is 11.9. The number of furan rings is 1. The lowest BCUT2D eigenvalue weighted by Crippen LogP contribution is -2.30. The summed E-state index contributed by atoms with van der Waals surface area (Å²) in [4.78, 5) is 17.3. The molecule has 2 aromatic heterocycles. The molecule has 1 amide bonds. The predicted octanol–water partition coefficient (Wildman–Crippen LogP) is 2.01. The van der Waals surface area contributed by atoms with Gasteiger partial charge in [-0.05, 0) is 18.2 Å². The molecule has 0 saturated heterocycles. The number of amides is 1. The van der Waals surface area contributed by atoms with Crippen molar-refractivity contribution in [2.24, 2.45) is 0 Å². The van der Waals surface area contributed by atoms with Crippen LogP contribution >= 0.6 is 0 Å². The Labute approximate surface area is 104 Å². The van der Waals surface area contributed by atoms with Crippen LogP contribution < -0.4 is 0 Å². The maximum Gasteiger partial charge on any atom is 0.290 e. The minimum absolute atomic E-state index is 0.210. The van der Waals surface area contributed by atoms with Gasteiger partial charge in [0.25, 0.3) is 5.91 Å². The zero-order valence-electron chi connectivity index (χ0n) is 9.78. The van der Waals surface area contributed by atoms with Gasteiger partial charge in [-0.25, -0.2) is 0 Å². The molecule has 0 aliphatic carbocycles. The average molecular weight is 241 g/mol. The Balaban J connectivity index is 2.24. The molecule has 0 aromatic carbocycles. The summed E-state index contributed by atoms with van der Waals surface area (Å²) < 4.78 is 5.03. The average Bonchev–Trinajstić information content (AvgIpc) is 2.94. The highest BCUT2D eigenvalue weighted by atomic mass is 16.3. The van der Waals surface area contributed by atoms with E-state index in [0.29, 0.717) is 5.56 Å². The highest BCUT2D eigenvalue weighted by molar-refractivity contribution is 5.91. The van der Waals surface area contributed by atoms with E-state index < -0.39 is 6.04 Å². The van der Waals surface area contributed by atoms with Crippen molar-refractivity contribution in [3.8, 4) is 6.07 Å². The smallest absolute Gasteiger partial charge is 0.290 e. The van der Waals surface area contributed by atoms with Crippen LogP contribution in [0.25, 0.3) is 0 Å². The molecule has 90 valence electrons. The van der Waals surface area contributed by atoms with Crippen molar-refractivity contribution in [2.45, 2.75) is 6.04 Å². The zero-order valence-corrected chi connectivity index (χ0v) is 9.78. The van der Waals surface area contributed by atoms with Gasteiger partial charge >= 0.3 is 0 Å². The first-order valence-electron chi connectivity index (χ1n) is 5.34. The maximum atomic E-state index is 12.0. The van der Waals surface area contributed by atoms with Gasteiger partial charge in [-0.1, -0.05) is 6.07 Å². The number of nitrogens with zero attached hydrogens (tertiary/aromatic N) is 3. The second-order valence-electron chi connectivity index (χ2n) is 3.71. The van der Waals surface area contributed by atoms with E-state index in [1.165, 1.54) is 11.2 Å². The van der Waals surface area contributed by atoms with Crippen molar-refractivity contribution in [3.63, 3.8) is 0 Å². The summed E-state index contributed by atoms with van der Waals surface area (Å²) in [5, 5.41) is 9.19. The number of pyridine rings is 1. The second-order valence-corrected chi connectivity index (χ2v) is 3.71. The summed E-state index contributed by atoms with van der Waals surface area (Å²) in [6.45, 7) is 0. The topological polar surface area (TPSA) is 70.1 Å². The molecule has 2 rings (SSSR count). The van der Waals surface area contributed by atoms with Gasteiger partial charge in [-0.3, -0.25) is 9.78 Å². The summed E-state index contributed by atoms with van der Waals surface area (Å²) in [7, 11) is 1.56. The molecule has 0 spiro atoms. The van der Waals surface area contributed by atoms with Crippen LogP contribution in [-0.2, 0) is 0 Å². The van der Waals surface area contributed by atoms with Crippen LogP contribution in [0.5, 0.6) is 0 Å². The Kier molecular flexibility index (Phi) is 3.39. The number of aromatic nitrogens is 1. The highest BCUT2D eigenvalue weighted by Gasteiger charge is 2.24. The Morgan fingerprint density at radius 3 is 2.89 bits per heavy atom. The van der Waals surface area contributed by atoms with Gasteiger partial charge in [0.15, 0.2) is 5.76 Å². The number of carbonyl (C=O) groups is 1. The molecule has 2 heterocycles. The van der Waals surface area contributed by atoms with Gasteiger partial charge in [0.05, 0.1) is 12.3 Å². The van der Waals surface area contributed by atoms with Gasteiger partial charge in [0.2, 0.25) is 0 Å². The van der Waals surface area contributed by atoms with Crippen LogP contribution in [-0.4, -0.2) is 22.8 Å². The van der Waals surface area contributed by atoms with Gasteiger partial charge in [-0.2, -0.15) is 5.26 Å². The third kappa shape index (κ3) is 2.23. The Morgan fingerprint density at radius 2 is 2.33 bits per heavy atom. The number of hydrogen-bond donors (Lipinski definition) is 0. The SMILES string of the molecule is CN(C(=O)c1ccco1)C(C#N)c1cccnc1. The Hall–Kier alpha value is -2.61. The molecule has 1 unspecified atom stereocenters. The lowest BCUT2D eigenvalue weighted by molar-refractivity contribution is 0.0731. The van der Waals surface area contributed by atoms with Crippen LogP contribution in [0.4, 0.5) is 0 Å². The second kappa shape index (κ2) is 5.15. The highest BCUT2D eigenvalue weighted by Crippen LogP contribution is 2.19. The summed E-state index contributed by atoms with van der Waals surface area (Å²) in [6, 6.07) is 8.08. The van der Waals surface area contributed by atoms with Crippen molar-refractivity contribution in [1.29, 1.82) is 5.26 Å². The fourth-order valence-corrected chi connectivity index (χ4v) is 1.61. The molecule has 0 fully saturated rings. The lowest BCUT2D eigenvalue weighted by Gasteiger charge is -2.21. The van der Waals surface area contributed by atoms with E-state index in [2.05, 4.69) is 11.1 Å². The molecule has 0 aliphatic rings. The van der Waals surface area contributed by atoms with E-state index in [-0.39, 0.29) is 11.7 Å². The van der Waals surface area contributed by atoms with Gasteiger partial charge in [0, 0.05) is 25.0 Å². The number of hydrogen-bond acceptors (Lipinski definition) is 4. The van der Waals surface area contributed by atoms with Crippen LogP contribution in [0.1, 0.15) is 22.2 Å². The zero-order chi connectivity index (χ0) is 13.0. The molecule has 0 radical (unpaired) electrons. The van der Waals surface area contributed by atoms with E-state index in [0.717, 1.165) is 0 Å². The van der Waals surface area contributed by atoms with E-state index in [1.54, 1.807) is 43.7 Å². The fraction of sp³-hybridized carbons (Fsp3) is 0.154. The molecule has 0 aliphatic heterocycles. The first-order valence-corrected chi connectivity index (χ1v) is 5.34. The third-order valence-corrected chi connectivity index (χ3v) is 2.56. The molecule has 0 N–H and O–H groups in total. The van der Waals surface area contributed by atoms with E-state index >= 15 is 0 Å². The molecule has 0 bridgehead atoms. The van der Waals surface area contributed by atoms with Crippen molar-refractivity contribution >= 4 is 5.91 Å². The normalized spacial score (nSPS) is 11.6. The van der Waals surface area contributed by atoms with Gasteiger partial charge in [-0.15, -0.1) is 0 Å². The van der Waals surface area contributed by atoms with Gasteiger partial charge < -0.3 is 9.32 Å². The molecule has 2 aromatic rings. The number of carbonyl (C=O) groups excluding carboxylic acids is 1. The molecule has 5 heteroatoms. The van der Waals surface area contributed by atoms with E-state index in [1.807, 2.05) is 0 Å². The lowest BCUT2D eigenvalue weighted by atomic mass is 10.1. The standard InChI is InChI=1S/C13H11N3O2/c1-16(13(17)12-5-3-7-18-12)11(8-14)10-4-2-6-15-9-10/h2-7,9,11H,1H3. The quantitative estimate of drug-likeness (QED) is 0.824. The van der Waals surface area contributed by atoms with Crippen molar-refractivity contribution in [3.05, 3.63) is 54.2 Å². The molecular weight excluding hydrogens is 230 g/mol. The van der Waals surface area contributed by atoms with Crippen molar-refractivity contribution < 1.29 is 9.21 Å². The largest absolute Gasteiger partial charge is 0.459 e. The van der Waals surface area contributed by atoms with E-state index in [4.69, 9.17) is 4.42 Å². The first-order chi connectivity index (χ1) is 8.74. The van der Waals surface area contributed by atoms with Crippen molar-refractivity contribution in [2.75, 3.05) is 7.05 Å². The predicted molar refractivity (Wildman–Crippen MR) is 63.4 cm³/mol. The number of nitriles is 1.